The molecule has 0 aliphatic heterocycles. The van der Waals surface area contributed by atoms with Crippen LogP contribution in [0.2, 0.25) is 0 Å². The maximum absolute atomic E-state index is 14.6. The second-order valence-electron chi connectivity index (χ2n) is 17.2. The zero-order chi connectivity index (χ0) is 47.7. The normalized spacial score (nSPS) is 12.1. The van der Waals surface area contributed by atoms with Crippen molar-refractivity contribution in [3.05, 3.63) is 230 Å². The van der Waals surface area contributed by atoms with Crippen LogP contribution in [0.15, 0.2) is 218 Å². The van der Waals surface area contributed by atoms with E-state index in [1.165, 1.54) is 0 Å². The molecule has 10 heteroatoms. The van der Waals surface area contributed by atoms with Crippen molar-refractivity contribution in [1.29, 1.82) is 0 Å². The van der Waals surface area contributed by atoms with Crippen molar-refractivity contribution >= 4 is 43.6 Å². The summed E-state index contributed by atoms with van der Waals surface area (Å²) >= 11 is 0. The predicted octanol–water partition coefficient (Wildman–Crippen LogP) is 17.0. The molecule has 3 heterocycles. The van der Waals surface area contributed by atoms with Crippen molar-refractivity contribution in [3.63, 3.8) is 0 Å². The van der Waals surface area contributed by atoms with Gasteiger partial charge in [0.1, 0.15) is 0 Å². The van der Waals surface area contributed by atoms with Gasteiger partial charge in [-0.25, -0.2) is 9.97 Å². The molecule has 0 saturated heterocycles. The van der Waals surface area contributed by atoms with Crippen molar-refractivity contribution in [3.8, 4) is 67.5 Å². The molecule has 4 nitrogen and oxygen atoms in total. The molecule has 3 aromatic heterocycles. The molecule has 70 heavy (non-hydrogen) atoms. The highest BCUT2D eigenvalue weighted by molar-refractivity contribution is 6.12. The molecule has 12 aromatic rings. The fourth-order valence-electron chi connectivity index (χ4n) is 9.86. The minimum absolute atomic E-state index is 0.135. The van der Waals surface area contributed by atoms with Crippen LogP contribution in [0.5, 0.6) is 0 Å². The highest BCUT2D eigenvalue weighted by atomic mass is 19.4. The second-order valence-corrected chi connectivity index (χ2v) is 17.2. The number of aromatic nitrogens is 4. The highest BCUT2D eigenvalue weighted by Gasteiger charge is 2.38. The molecular formula is C60H36F6N4. The number of fused-ring (bicyclic) bond motifs is 6. The predicted molar refractivity (Wildman–Crippen MR) is 268 cm³/mol. The van der Waals surface area contributed by atoms with Gasteiger partial charge in [-0.2, -0.15) is 26.3 Å². The maximum atomic E-state index is 14.6. The lowest BCUT2D eigenvalue weighted by Gasteiger charge is -2.20. The summed E-state index contributed by atoms with van der Waals surface area (Å²) < 4.78 is 89.5. The first-order valence-electron chi connectivity index (χ1n) is 22.5. The minimum atomic E-state index is -5.05. The van der Waals surface area contributed by atoms with E-state index < -0.39 is 23.5 Å². The first kappa shape index (κ1) is 42.6. The molecule has 0 saturated carbocycles. The lowest BCUT2D eigenvalue weighted by atomic mass is 9.95. The molecular weight excluding hydrogens is 891 g/mol. The molecule has 0 bridgehead atoms. The topological polar surface area (TPSA) is 35.6 Å². The van der Waals surface area contributed by atoms with Crippen LogP contribution in [0.4, 0.5) is 26.3 Å². The van der Waals surface area contributed by atoms with Crippen LogP contribution in [-0.2, 0) is 12.4 Å². The SMILES string of the molecule is FC(F)(F)c1ccc(-c2ccc3c(c2)c2ccccc2n3-c2ccc(-c3cc(-c4ccccc4)nc(-c4ccccc4)n3)cc2-c2ccccc2-n2c3ccccc3c3ccccc32)c(C(F)(F)F)c1. The van der Waals surface area contributed by atoms with Crippen LogP contribution in [0.1, 0.15) is 11.1 Å². The zero-order valence-electron chi connectivity index (χ0n) is 36.8. The van der Waals surface area contributed by atoms with Gasteiger partial charge in [0.05, 0.1) is 56.0 Å². The Morgan fingerprint density at radius 1 is 0.314 bits per heavy atom. The second kappa shape index (κ2) is 16.5. The third-order valence-corrected chi connectivity index (χ3v) is 13.0. The molecule has 0 spiro atoms. The van der Waals surface area contributed by atoms with Crippen LogP contribution in [0, 0.1) is 0 Å². The Bertz CT molecular complexity index is 3870. The van der Waals surface area contributed by atoms with E-state index in [-0.39, 0.29) is 17.2 Å². The van der Waals surface area contributed by atoms with Gasteiger partial charge >= 0.3 is 12.4 Å². The molecule has 0 aliphatic carbocycles. The fraction of sp³-hybridized carbons (Fsp3) is 0.0333. The van der Waals surface area contributed by atoms with Crippen molar-refractivity contribution in [2.24, 2.45) is 0 Å². The Kier molecular flexibility index (Phi) is 10.0. The Morgan fingerprint density at radius 2 is 0.814 bits per heavy atom. The minimum Gasteiger partial charge on any atom is -0.309 e. The number of hydrogen-bond acceptors (Lipinski definition) is 2. The summed E-state index contributed by atoms with van der Waals surface area (Å²) in [6.07, 6.45) is -10.0. The molecule has 0 aliphatic rings. The summed E-state index contributed by atoms with van der Waals surface area (Å²) in [5.74, 6) is 0.563. The summed E-state index contributed by atoms with van der Waals surface area (Å²) in [6.45, 7) is 0. The largest absolute Gasteiger partial charge is 0.417 e. The number of halogens is 6. The van der Waals surface area contributed by atoms with E-state index in [1.807, 2.05) is 133 Å². The van der Waals surface area contributed by atoms with Crippen LogP contribution in [-0.4, -0.2) is 19.1 Å². The van der Waals surface area contributed by atoms with Gasteiger partial charge in [0.25, 0.3) is 0 Å². The van der Waals surface area contributed by atoms with E-state index in [4.69, 9.17) is 9.97 Å². The average molecular weight is 927 g/mol. The van der Waals surface area contributed by atoms with Crippen LogP contribution in [0.3, 0.4) is 0 Å². The Labute approximate surface area is 397 Å². The molecule has 0 fully saturated rings. The summed E-state index contributed by atoms with van der Waals surface area (Å²) in [5, 5.41) is 3.58. The summed E-state index contributed by atoms with van der Waals surface area (Å²) in [5.41, 5.74) is 8.06. The van der Waals surface area contributed by atoms with Gasteiger partial charge in [-0.05, 0) is 77.9 Å². The molecule has 0 amide bonds. The fourth-order valence-corrected chi connectivity index (χ4v) is 9.86. The molecule has 0 N–H and O–H groups in total. The maximum Gasteiger partial charge on any atom is 0.417 e. The standard InChI is InChI=1S/C60H36F6N4/c61-59(62,63)41-29-30-42(49(35-41)60(64,65)66)39-27-31-56-47(33-39)45-21-9-14-26-55(45)70(56)57-32-28-40(51-36-50(37-15-3-1-4-16-37)67-58(68-51)38-17-5-2-6-18-38)34-48(57)46-22-10-13-25-54(46)69-52-23-11-7-19-43(52)44-20-8-12-24-53(44)69/h1-36H. The van der Waals surface area contributed by atoms with E-state index in [9.17, 15) is 26.3 Å². The Hall–Kier alpha value is -8.76. The van der Waals surface area contributed by atoms with Crippen molar-refractivity contribution < 1.29 is 26.3 Å². The van der Waals surface area contributed by atoms with E-state index in [0.717, 1.165) is 83.7 Å². The van der Waals surface area contributed by atoms with E-state index >= 15 is 0 Å². The number of rotatable bonds is 7. The summed E-state index contributed by atoms with van der Waals surface area (Å²) in [6, 6.07) is 67.3. The monoisotopic (exact) mass is 926 g/mol. The zero-order valence-corrected chi connectivity index (χ0v) is 36.8. The third kappa shape index (κ3) is 7.27. The molecule has 0 radical (unpaired) electrons. The Morgan fingerprint density at radius 3 is 1.43 bits per heavy atom. The van der Waals surface area contributed by atoms with Crippen molar-refractivity contribution in [2.45, 2.75) is 12.4 Å². The average Bonchev–Trinajstić information content (AvgIpc) is 3.90. The van der Waals surface area contributed by atoms with Gasteiger partial charge in [-0.15, -0.1) is 0 Å². The number of hydrogen-bond donors (Lipinski definition) is 0. The molecule has 0 atom stereocenters. The third-order valence-electron chi connectivity index (χ3n) is 13.0. The smallest absolute Gasteiger partial charge is 0.309 e. The van der Waals surface area contributed by atoms with Crippen LogP contribution >= 0.6 is 0 Å². The van der Waals surface area contributed by atoms with E-state index in [2.05, 4.69) is 57.7 Å². The quantitative estimate of drug-likeness (QED) is 0.149. The number of nitrogens with zero attached hydrogens (tertiary/aromatic N) is 4. The van der Waals surface area contributed by atoms with Gasteiger partial charge in [-0.3, -0.25) is 0 Å². The van der Waals surface area contributed by atoms with Crippen molar-refractivity contribution in [1.82, 2.24) is 19.1 Å². The number of alkyl halides is 6. The van der Waals surface area contributed by atoms with E-state index in [1.54, 1.807) is 18.2 Å². The van der Waals surface area contributed by atoms with Gasteiger partial charge in [0.2, 0.25) is 0 Å². The van der Waals surface area contributed by atoms with Crippen molar-refractivity contribution in [2.75, 3.05) is 0 Å². The van der Waals surface area contributed by atoms with Gasteiger partial charge in [-0.1, -0.05) is 152 Å². The first-order valence-corrected chi connectivity index (χ1v) is 22.5. The Balaban J connectivity index is 1.13. The lowest BCUT2D eigenvalue weighted by Crippen LogP contribution is -2.12. The van der Waals surface area contributed by atoms with Gasteiger partial charge < -0.3 is 9.13 Å². The van der Waals surface area contributed by atoms with E-state index in [0.29, 0.717) is 28.5 Å². The summed E-state index contributed by atoms with van der Waals surface area (Å²) in [7, 11) is 0. The highest BCUT2D eigenvalue weighted by Crippen LogP contribution is 2.45. The van der Waals surface area contributed by atoms with Gasteiger partial charge in [0.15, 0.2) is 5.82 Å². The molecule has 9 aromatic carbocycles. The number of para-hydroxylation sites is 4. The summed E-state index contributed by atoms with van der Waals surface area (Å²) in [4.78, 5) is 10.2. The van der Waals surface area contributed by atoms with Crippen LogP contribution < -0.4 is 0 Å². The number of benzene rings is 9. The van der Waals surface area contributed by atoms with Crippen LogP contribution in [0.25, 0.3) is 111 Å². The van der Waals surface area contributed by atoms with Gasteiger partial charge in [0, 0.05) is 49.4 Å². The molecule has 0 unspecified atom stereocenters. The first-order chi connectivity index (χ1) is 34.0. The lowest BCUT2D eigenvalue weighted by molar-refractivity contribution is -0.142. The molecule has 338 valence electrons. The molecule has 12 rings (SSSR count).